The van der Waals surface area contributed by atoms with Gasteiger partial charge in [0.2, 0.25) is 20.0 Å². The number of hydrogen-bond donors (Lipinski definition) is 3. The maximum absolute atomic E-state index is 13.1. The first-order chi connectivity index (χ1) is 18.0. The molecule has 1 amide bonds. The van der Waals surface area contributed by atoms with Gasteiger partial charge in [-0.3, -0.25) is 4.79 Å². The number of amides is 1. The van der Waals surface area contributed by atoms with Crippen molar-refractivity contribution in [3.63, 3.8) is 0 Å². The van der Waals surface area contributed by atoms with Crippen molar-refractivity contribution in [3.8, 4) is 0 Å². The highest BCUT2D eigenvalue weighted by Crippen LogP contribution is 2.34. The predicted molar refractivity (Wildman–Crippen MR) is 145 cm³/mol. The summed E-state index contributed by atoms with van der Waals surface area (Å²) in [4.78, 5) is 13.8. The van der Waals surface area contributed by atoms with Gasteiger partial charge in [0.1, 0.15) is 4.90 Å². The Kier molecular flexibility index (Phi) is 8.78. The Labute approximate surface area is 225 Å². The number of carbonyl (C=O) groups is 1. The third-order valence-electron chi connectivity index (χ3n) is 7.24. The first-order valence-corrected chi connectivity index (χ1v) is 15.9. The first-order valence-electron chi connectivity index (χ1n) is 12.9. The molecule has 1 aliphatic heterocycles. The number of nitrogens with two attached hydrogens (primary N) is 1. The summed E-state index contributed by atoms with van der Waals surface area (Å²) in [5, 5.41) is 8.49. The van der Waals surface area contributed by atoms with E-state index in [1.165, 1.54) is 12.1 Å². The van der Waals surface area contributed by atoms with Crippen LogP contribution in [0.2, 0.25) is 0 Å². The molecule has 0 aromatic heterocycles. The van der Waals surface area contributed by atoms with Crippen LogP contribution >= 0.6 is 0 Å². The van der Waals surface area contributed by atoms with E-state index < -0.39 is 20.0 Å². The van der Waals surface area contributed by atoms with E-state index in [-0.39, 0.29) is 34.0 Å². The molecule has 4 rings (SSSR count). The molecule has 38 heavy (non-hydrogen) atoms. The van der Waals surface area contributed by atoms with Crippen LogP contribution < -0.4 is 15.2 Å². The molecule has 1 heterocycles. The average molecular weight is 565 g/mol. The normalized spacial score (nSPS) is 21.6. The Morgan fingerprint density at radius 1 is 0.974 bits per heavy atom. The second kappa shape index (κ2) is 11.7. The van der Waals surface area contributed by atoms with Gasteiger partial charge in [-0.25, -0.2) is 26.7 Å². The minimum atomic E-state index is -4.22. The molecule has 2 fully saturated rings. The Bertz CT molecular complexity index is 1350. The number of ether oxygens (including phenoxy) is 1. The monoisotopic (exact) mass is 564 g/mol. The van der Waals surface area contributed by atoms with Gasteiger partial charge in [0, 0.05) is 44.5 Å². The molecule has 4 N–H and O–H groups in total. The summed E-state index contributed by atoms with van der Waals surface area (Å²) in [7, 11) is -8.18. The summed E-state index contributed by atoms with van der Waals surface area (Å²) in [5.41, 5.74) is 1.57. The highest BCUT2D eigenvalue weighted by atomic mass is 32.2. The standard InChI is InChI=1S/C26H36N4O6S2/c1-3-30(4-2)26(31)21-7-5-18(6-8-21)15-28-24-10-9-23(14-25(24)37(27,32)33)38(34,35)29-22-12-19-11-20(13-22)17-36-16-19/h5-10,14,19-20,22,28-29H,3-4,11-13,15-17H2,1-2H3,(H2,27,32,33)/t19-,20+,22?. The van der Waals surface area contributed by atoms with E-state index in [0.717, 1.165) is 18.1 Å². The Balaban J connectivity index is 1.48. The van der Waals surface area contributed by atoms with Crippen molar-refractivity contribution in [1.82, 2.24) is 9.62 Å². The van der Waals surface area contributed by atoms with E-state index in [1.807, 2.05) is 13.8 Å². The number of primary sulfonamides is 1. The summed E-state index contributed by atoms with van der Waals surface area (Å²) in [6, 6.07) is 10.7. The maximum atomic E-state index is 13.1. The molecule has 1 saturated heterocycles. The van der Waals surface area contributed by atoms with Crippen molar-refractivity contribution in [1.29, 1.82) is 0 Å². The molecule has 12 heteroatoms. The molecular formula is C26H36N4O6S2. The van der Waals surface area contributed by atoms with Gasteiger partial charge in [0.15, 0.2) is 0 Å². The van der Waals surface area contributed by atoms with E-state index in [9.17, 15) is 21.6 Å². The van der Waals surface area contributed by atoms with Crippen LogP contribution in [0, 0.1) is 11.8 Å². The van der Waals surface area contributed by atoms with Crippen molar-refractivity contribution >= 4 is 31.6 Å². The zero-order valence-corrected chi connectivity index (χ0v) is 23.4. The molecule has 208 valence electrons. The minimum Gasteiger partial charge on any atom is -0.381 e. The summed E-state index contributed by atoms with van der Waals surface area (Å²) < 4.78 is 59.4. The second-order valence-electron chi connectivity index (χ2n) is 10.0. The number of rotatable bonds is 10. The van der Waals surface area contributed by atoms with Gasteiger partial charge in [0.25, 0.3) is 5.91 Å². The number of fused-ring (bicyclic) bond motifs is 2. The number of sulfonamides is 2. The van der Waals surface area contributed by atoms with E-state index in [1.54, 1.807) is 29.2 Å². The van der Waals surface area contributed by atoms with E-state index in [4.69, 9.17) is 9.88 Å². The van der Waals surface area contributed by atoms with E-state index in [2.05, 4.69) is 10.0 Å². The molecular weight excluding hydrogens is 528 g/mol. The fourth-order valence-electron chi connectivity index (χ4n) is 5.33. The topological polar surface area (TPSA) is 148 Å². The minimum absolute atomic E-state index is 0.0544. The number of nitrogens with zero attached hydrogens (tertiary/aromatic N) is 1. The molecule has 2 bridgehead atoms. The molecule has 0 spiro atoms. The third-order valence-corrected chi connectivity index (χ3v) is 9.70. The lowest BCUT2D eigenvalue weighted by atomic mass is 9.78. The highest BCUT2D eigenvalue weighted by molar-refractivity contribution is 7.90. The number of nitrogens with one attached hydrogen (secondary N) is 2. The summed E-state index contributed by atoms with van der Waals surface area (Å²) in [6.07, 6.45) is 2.43. The van der Waals surface area contributed by atoms with Gasteiger partial charge in [0.05, 0.1) is 10.6 Å². The van der Waals surface area contributed by atoms with Gasteiger partial charge in [-0.15, -0.1) is 0 Å². The van der Waals surface area contributed by atoms with Crippen molar-refractivity contribution in [2.24, 2.45) is 17.0 Å². The Morgan fingerprint density at radius 3 is 2.18 bits per heavy atom. The van der Waals surface area contributed by atoms with Crippen LogP contribution in [0.5, 0.6) is 0 Å². The lowest BCUT2D eigenvalue weighted by Gasteiger charge is -2.38. The summed E-state index contributed by atoms with van der Waals surface area (Å²) in [6.45, 7) is 6.61. The number of anilines is 1. The zero-order chi connectivity index (χ0) is 27.5. The van der Waals surface area contributed by atoms with Gasteiger partial charge < -0.3 is 15.0 Å². The van der Waals surface area contributed by atoms with Crippen LogP contribution in [0.15, 0.2) is 52.3 Å². The lowest BCUT2D eigenvalue weighted by Crippen LogP contribution is -2.44. The van der Waals surface area contributed by atoms with Crippen molar-refractivity contribution in [2.45, 2.75) is 55.5 Å². The summed E-state index contributed by atoms with van der Waals surface area (Å²) >= 11 is 0. The Hall–Kier alpha value is -2.51. The van der Waals surface area contributed by atoms with Crippen LogP contribution in [0.1, 0.15) is 49.0 Å². The van der Waals surface area contributed by atoms with E-state index in [0.29, 0.717) is 56.5 Å². The van der Waals surface area contributed by atoms with Crippen LogP contribution in [0.4, 0.5) is 5.69 Å². The molecule has 0 radical (unpaired) electrons. The highest BCUT2D eigenvalue weighted by Gasteiger charge is 2.35. The van der Waals surface area contributed by atoms with Crippen LogP contribution in [-0.4, -0.2) is 60.0 Å². The van der Waals surface area contributed by atoms with Crippen molar-refractivity contribution in [2.75, 3.05) is 31.6 Å². The van der Waals surface area contributed by atoms with Crippen LogP contribution in [0.3, 0.4) is 0 Å². The molecule has 1 aliphatic carbocycles. The molecule has 2 aromatic rings. The number of hydrogen-bond acceptors (Lipinski definition) is 7. The fraction of sp³-hybridized carbons (Fsp3) is 0.500. The fourth-order valence-corrected chi connectivity index (χ4v) is 7.43. The maximum Gasteiger partial charge on any atom is 0.253 e. The van der Waals surface area contributed by atoms with Gasteiger partial charge in [-0.1, -0.05) is 12.1 Å². The predicted octanol–water partition coefficient (Wildman–Crippen LogP) is 2.52. The molecule has 2 aromatic carbocycles. The van der Waals surface area contributed by atoms with Gasteiger partial charge >= 0.3 is 0 Å². The van der Waals surface area contributed by atoms with Crippen molar-refractivity contribution in [3.05, 3.63) is 53.6 Å². The van der Waals surface area contributed by atoms with Crippen molar-refractivity contribution < 1.29 is 26.4 Å². The van der Waals surface area contributed by atoms with E-state index >= 15 is 0 Å². The third kappa shape index (κ3) is 6.73. The molecule has 3 atom stereocenters. The summed E-state index contributed by atoms with van der Waals surface area (Å²) in [5.74, 6) is 0.596. The van der Waals surface area contributed by atoms with Crippen LogP contribution in [0.25, 0.3) is 0 Å². The average Bonchev–Trinajstić information content (AvgIpc) is 2.87. The smallest absolute Gasteiger partial charge is 0.253 e. The second-order valence-corrected chi connectivity index (χ2v) is 13.3. The molecule has 10 nitrogen and oxygen atoms in total. The largest absolute Gasteiger partial charge is 0.381 e. The quantitative estimate of drug-likeness (QED) is 0.402. The lowest BCUT2D eigenvalue weighted by molar-refractivity contribution is -0.0167. The first kappa shape index (κ1) is 28.5. The SMILES string of the molecule is CCN(CC)C(=O)c1ccc(CNc2ccc(S(=O)(=O)NC3C[C@H]4COC[C@@H](C3)C4)cc2S(N)(=O)=O)cc1. The zero-order valence-electron chi connectivity index (χ0n) is 21.7. The number of carbonyl (C=O) groups excluding carboxylic acids is 1. The van der Waals surface area contributed by atoms with Gasteiger partial charge in [-0.2, -0.15) is 0 Å². The Morgan fingerprint density at radius 2 is 1.61 bits per heavy atom. The van der Waals surface area contributed by atoms with Gasteiger partial charge in [-0.05, 0) is 80.8 Å². The molecule has 1 saturated carbocycles. The molecule has 1 unspecified atom stereocenters. The van der Waals surface area contributed by atoms with Crippen LogP contribution in [-0.2, 0) is 31.3 Å². The number of benzene rings is 2. The molecule has 2 aliphatic rings.